The van der Waals surface area contributed by atoms with E-state index in [-0.39, 0.29) is 36.8 Å². The van der Waals surface area contributed by atoms with Crippen LogP contribution in [0, 0.1) is 0 Å². The van der Waals surface area contributed by atoms with Crippen LogP contribution in [0.1, 0.15) is 24.4 Å². The Balaban J connectivity index is 0.00000156. The van der Waals surface area contributed by atoms with Crippen LogP contribution < -0.4 is 16.0 Å². The lowest BCUT2D eigenvalue weighted by atomic mass is 10.1. The van der Waals surface area contributed by atoms with Gasteiger partial charge >= 0.3 is 0 Å². The molecule has 0 aliphatic carbocycles. The molecule has 0 radical (unpaired) electrons. The summed E-state index contributed by atoms with van der Waals surface area (Å²) >= 11 is 0. The number of hydrogen-bond acceptors (Lipinski definition) is 5. The zero-order valence-electron chi connectivity index (χ0n) is 13.7. The molecule has 136 valence electrons. The van der Waals surface area contributed by atoms with Crippen LogP contribution in [0.4, 0.5) is 5.82 Å². The van der Waals surface area contributed by atoms with Gasteiger partial charge in [0.25, 0.3) is 0 Å². The highest BCUT2D eigenvalue weighted by molar-refractivity contribution is 5.85. The highest BCUT2D eigenvalue weighted by Gasteiger charge is 2.27. The molecule has 3 N–H and O–H groups in total. The summed E-state index contributed by atoms with van der Waals surface area (Å²) < 4.78 is 0. The zero-order chi connectivity index (χ0) is 16.1. The molecule has 2 atom stereocenters. The number of carbonyl (C=O) groups excluding carboxylic acids is 1. The van der Waals surface area contributed by atoms with Crippen molar-refractivity contribution < 1.29 is 4.79 Å². The van der Waals surface area contributed by atoms with E-state index in [4.69, 9.17) is 5.73 Å². The van der Waals surface area contributed by atoms with E-state index in [1.807, 2.05) is 42.5 Å². The lowest BCUT2D eigenvalue weighted by Gasteiger charge is -2.26. The Labute approximate surface area is 160 Å². The Morgan fingerprint density at radius 2 is 2.00 bits per heavy atom. The molecule has 0 bridgehead atoms. The number of rotatable bonds is 5. The van der Waals surface area contributed by atoms with Crippen molar-refractivity contribution in [1.29, 1.82) is 0 Å². The van der Waals surface area contributed by atoms with E-state index in [1.54, 1.807) is 6.20 Å². The minimum absolute atomic E-state index is 0. The van der Waals surface area contributed by atoms with Crippen LogP contribution in [0.3, 0.4) is 0 Å². The molecule has 3 rings (SSSR count). The maximum atomic E-state index is 12.3. The molecule has 1 fully saturated rings. The van der Waals surface area contributed by atoms with Gasteiger partial charge < -0.3 is 16.0 Å². The number of carbonyl (C=O) groups is 1. The molecule has 0 saturated carbocycles. The molecule has 1 amide bonds. The van der Waals surface area contributed by atoms with Crippen molar-refractivity contribution in [1.82, 2.24) is 15.5 Å². The second kappa shape index (κ2) is 10.2. The largest absolute Gasteiger partial charge is 0.352 e. The molecule has 6 nitrogen and oxygen atoms in total. The second-order valence-corrected chi connectivity index (χ2v) is 5.70. The third-order valence-corrected chi connectivity index (χ3v) is 4.18. The lowest BCUT2D eigenvalue weighted by Crippen LogP contribution is -2.43. The van der Waals surface area contributed by atoms with Gasteiger partial charge in [0.05, 0.1) is 0 Å². The van der Waals surface area contributed by atoms with Gasteiger partial charge in [-0.15, -0.1) is 29.9 Å². The summed E-state index contributed by atoms with van der Waals surface area (Å²) in [4.78, 5) is 14.5. The maximum Gasteiger partial charge on any atom is 0.241 e. The highest BCUT2D eigenvalue weighted by Crippen LogP contribution is 2.22. The van der Waals surface area contributed by atoms with Crippen LogP contribution in [0.5, 0.6) is 0 Å². The minimum Gasteiger partial charge on any atom is -0.352 e. The van der Waals surface area contributed by atoms with Gasteiger partial charge in [0.2, 0.25) is 5.91 Å². The Kier molecular flexibility index (Phi) is 8.61. The fourth-order valence-corrected chi connectivity index (χ4v) is 2.94. The van der Waals surface area contributed by atoms with Crippen molar-refractivity contribution in [3.63, 3.8) is 0 Å². The first-order valence-corrected chi connectivity index (χ1v) is 7.88. The fourth-order valence-electron chi connectivity index (χ4n) is 2.94. The van der Waals surface area contributed by atoms with E-state index in [0.717, 1.165) is 30.8 Å². The van der Waals surface area contributed by atoms with E-state index in [1.165, 1.54) is 0 Å². The molecule has 2 aromatic rings. The van der Waals surface area contributed by atoms with Crippen LogP contribution in [-0.4, -0.2) is 35.2 Å². The van der Waals surface area contributed by atoms with E-state index in [0.29, 0.717) is 6.54 Å². The smallest absolute Gasteiger partial charge is 0.241 e. The fraction of sp³-hybridized carbons (Fsp3) is 0.353. The Bertz CT molecular complexity index is 644. The quantitative estimate of drug-likeness (QED) is 0.825. The molecule has 1 saturated heterocycles. The van der Waals surface area contributed by atoms with E-state index >= 15 is 0 Å². The molecule has 2 unspecified atom stereocenters. The monoisotopic (exact) mass is 383 g/mol. The van der Waals surface area contributed by atoms with Gasteiger partial charge in [-0.25, -0.2) is 0 Å². The number of benzene rings is 1. The highest BCUT2D eigenvalue weighted by atomic mass is 35.5. The van der Waals surface area contributed by atoms with Crippen LogP contribution in [0.15, 0.2) is 48.7 Å². The topological polar surface area (TPSA) is 84.1 Å². The third kappa shape index (κ3) is 5.29. The van der Waals surface area contributed by atoms with Crippen molar-refractivity contribution in [3.8, 4) is 0 Å². The Morgan fingerprint density at radius 1 is 1.24 bits per heavy atom. The molecule has 8 heteroatoms. The molecule has 1 aliphatic heterocycles. The van der Waals surface area contributed by atoms with Crippen LogP contribution in [-0.2, 0) is 4.79 Å². The average molecular weight is 384 g/mol. The first-order valence-electron chi connectivity index (χ1n) is 7.88. The zero-order valence-corrected chi connectivity index (χ0v) is 15.4. The van der Waals surface area contributed by atoms with Gasteiger partial charge in [-0.1, -0.05) is 30.3 Å². The predicted molar refractivity (Wildman–Crippen MR) is 103 cm³/mol. The number of amides is 1. The first-order chi connectivity index (χ1) is 11.3. The summed E-state index contributed by atoms with van der Waals surface area (Å²) in [6.07, 6.45) is 3.77. The lowest BCUT2D eigenvalue weighted by molar-refractivity contribution is -0.122. The molecular weight excluding hydrogens is 361 g/mol. The van der Waals surface area contributed by atoms with E-state index < -0.39 is 6.04 Å². The molecule has 25 heavy (non-hydrogen) atoms. The summed E-state index contributed by atoms with van der Waals surface area (Å²) in [6, 6.07) is 12.8. The number of hydrogen-bond donors (Lipinski definition) is 2. The molecule has 2 heterocycles. The third-order valence-electron chi connectivity index (χ3n) is 4.18. The number of nitrogens with zero attached hydrogens (tertiary/aromatic N) is 3. The molecule has 0 spiro atoms. The van der Waals surface area contributed by atoms with Gasteiger partial charge in [-0.05, 0) is 30.5 Å². The number of nitrogens with one attached hydrogen (secondary N) is 1. The van der Waals surface area contributed by atoms with Crippen LogP contribution >= 0.6 is 24.8 Å². The maximum absolute atomic E-state index is 12.3. The van der Waals surface area contributed by atoms with E-state index in [9.17, 15) is 4.79 Å². The average Bonchev–Trinajstić information content (AvgIpc) is 3.09. The second-order valence-electron chi connectivity index (χ2n) is 5.70. The Morgan fingerprint density at radius 3 is 2.68 bits per heavy atom. The van der Waals surface area contributed by atoms with Crippen molar-refractivity contribution in [2.24, 2.45) is 5.73 Å². The minimum atomic E-state index is -0.637. The van der Waals surface area contributed by atoms with Crippen LogP contribution in [0.2, 0.25) is 0 Å². The SMILES string of the molecule is Cl.Cl.NC(C(=O)NCC1CCCN1c1cccnn1)c1ccccc1. The molecule has 1 aliphatic rings. The first kappa shape index (κ1) is 21.2. The summed E-state index contributed by atoms with van der Waals surface area (Å²) in [5, 5.41) is 11.1. The number of anilines is 1. The molecule has 1 aromatic heterocycles. The predicted octanol–water partition coefficient (Wildman–Crippen LogP) is 2.11. The Hall–Kier alpha value is -1.89. The summed E-state index contributed by atoms with van der Waals surface area (Å²) in [7, 11) is 0. The van der Waals surface area contributed by atoms with Crippen molar-refractivity contribution in [3.05, 3.63) is 54.2 Å². The number of nitrogens with two attached hydrogens (primary N) is 1. The standard InChI is InChI=1S/C17H21N5O.2ClH/c18-16(13-6-2-1-3-7-13)17(23)19-12-14-8-5-11-22(14)15-9-4-10-20-21-15;;/h1-4,6-7,9-10,14,16H,5,8,11-12,18H2,(H,19,23);2*1H. The van der Waals surface area contributed by atoms with Crippen molar-refractivity contribution in [2.75, 3.05) is 18.0 Å². The van der Waals surface area contributed by atoms with Gasteiger partial charge in [0.1, 0.15) is 6.04 Å². The number of aromatic nitrogens is 2. The van der Waals surface area contributed by atoms with Crippen LogP contribution in [0.25, 0.3) is 0 Å². The summed E-state index contributed by atoms with van der Waals surface area (Å²) in [5.41, 5.74) is 6.84. The van der Waals surface area contributed by atoms with Gasteiger partial charge in [0.15, 0.2) is 5.82 Å². The molecule has 1 aromatic carbocycles. The van der Waals surface area contributed by atoms with Gasteiger partial charge in [0, 0.05) is 25.3 Å². The number of halogens is 2. The van der Waals surface area contributed by atoms with Gasteiger partial charge in [-0.2, -0.15) is 5.10 Å². The van der Waals surface area contributed by atoms with E-state index in [2.05, 4.69) is 20.4 Å². The molecular formula is C17H23Cl2N5O. The van der Waals surface area contributed by atoms with Crippen molar-refractivity contribution in [2.45, 2.75) is 24.9 Å². The van der Waals surface area contributed by atoms with Crippen molar-refractivity contribution >= 4 is 36.5 Å². The van der Waals surface area contributed by atoms with Gasteiger partial charge in [-0.3, -0.25) is 4.79 Å². The summed E-state index contributed by atoms with van der Waals surface area (Å²) in [6.45, 7) is 1.50. The summed E-state index contributed by atoms with van der Waals surface area (Å²) in [5.74, 6) is 0.707. The normalized spacial score (nSPS) is 17.2.